The Bertz CT molecular complexity index is 476. The van der Waals surface area contributed by atoms with E-state index in [1.54, 1.807) is 17.4 Å². The quantitative estimate of drug-likeness (QED) is 0.487. The highest BCUT2D eigenvalue weighted by atomic mass is 32.1. The molecule has 0 N–H and O–H groups in total. The minimum absolute atomic E-state index is 0.118. The molecule has 1 amide bonds. The maximum absolute atomic E-state index is 12.3. The summed E-state index contributed by atoms with van der Waals surface area (Å²) >= 11 is 1.36. The van der Waals surface area contributed by atoms with Gasteiger partial charge in [-0.1, -0.05) is 13.3 Å². The summed E-state index contributed by atoms with van der Waals surface area (Å²) in [4.78, 5) is 29.7. The first-order valence-corrected chi connectivity index (χ1v) is 8.29. The zero-order valence-electron chi connectivity index (χ0n) is 13.5. The van der Waals surface area contributed by atoms with Crippen molar-refractivity contribution in [1.82, 2.24) is 9.88 Å². The fourth-order valence-corrected chi connectivity index (χ4v) is 2.70. The Balaban J connectivity index is 2.67. The summed E-state index contributed by atoms with van der Waals surface area (Å²) < 4.78 is 9.68. The number of methoxy groups -OCH3 is 2. The first kappa shape index (κ1) is 18.6. The molecule has 124 valence electrons. The van der Waals surface area contributed by atoms with Gasteiger partial charge in [0.1, 0.15) is 5.01 Å². The van der Waals surface area contributed by atoms with Crippen LogP contribution in [0.1, 0.15) is 48.1 Å². The molecule has 1 aromatic heterocycles. The van der Waals surface area contributed by atoms with E-state index in [4.69, 9.17) is 4.74 Å². The van der Waals surface area contributed by atoms with Gasteiger partial charge in [0, 0.05) is 32.1 Å². The summed E-state index contributed by atoms with van der Waals surface area (Å²) in [5.74, 6) is -0.335. The van der Waals surface area contributed by atoms with Gasteiger partial charge >= 0.3 is 5.97 Å². The maximum Gasteiger partial charge on any atom is 0.357 e. The minimum atomic E-state index is -0.453. The SMILES string of the molecule is CCCCC(=O)N(CCCOC)Cc1nc(C(=O)OC)cs1. The average molecular weight is 328 g/mol. The van der Waals surface area contributed by atoms with Crippen molar-refractivity contribution in [3.05, 3.63) is 16.1 Å². The lowest BCUT2D eigenvalue weighted by Gasteiger charge is -2.21. The van der Waals surface area contributed by atoms with Crippen LogP contribution in [0.25, 0.3) is 0 Å². The molecule has 0 aliphatic carbocycles. The normalized spacial score (nSPS) is 10.5. The molecule has 1 heterocycles. The molecule has 0 atom stereocenters. The Hall–Kier alpha value is -1.47. The molecule has 22 heavy (non-hydrogen) atoms. The molecule has 0 saturated heterocycles. The zero-order chi connectivity index (χ0) is 16.4. The number of ether oxygens (including phenoxy) is 2. The molecule has 0 aliphatic rings. The second kappa shape index (κ2) is 10.3. The number of unbranched alkanes of at least 4 members (excludes halogenated alkanes) is 1. The molecular formula is C15H24N2O4S. The van der Waals surface area contributed by atoms with Gasteiger partial charge in [0.25, 0.3) is 0 Å². The van der Waals surface area contributed by atoms with Crippen molar-refractivity contribution in [3.8, 4) is 0 Å². The van der Waals surface area contributed by atoms with Gasteiger partial charge in [-0.2, -0.15) is 0 Å². The molecule has 0 aromatic carbocycles. The summed E-state index contributed by atoms with van der Waals surface area (Å²) in [6, 6.07) is 0. The number of esters is 1. The van der Waals surface area contributed by atoms with Gasteiger partial charge in [-0.3, -0.25) is 4.79 Å². The summed E-state index contributed by atoms with van der Waals surface area (Å²) in [7, 11) is 2.97. The molecule has 0 spiro atoms. The number of hydrogen-bond acceptors (Lipinski definition) is 6. The van der Waals surface area contributed by atoms with E-state index in [9.17, 15) is 9.59 Å². The van der Waals surface area contributed by atoms with Gasteiger partial charge in [0.2, 0.25) is 5.91 Å². The largest absolute Gasteiger partial charge is 0.464 e. The Kier molecular flexibility index (Phi) is 8.69. The highest BCUT2D eigenvalue weighted by molar-refractivity contribution is 7.09. The highest BCUT2D eigenvalue weighted by Crippen LogP contribution is 2.15. The fraction of sp³-hybridized carbons (Fsp3) is 0.667. The van der Waals surface area contributed by atoms with Crippen LogP contribution in [-0.4, -0.2) is 49.1 Å². The lowest BCUT2D eigenvalue weighted by Crippen LogP contribution is -2.31. The third-order valence-corrected chi connectivity index (χ3v) is 3.98. The van der Waals surface area contributed by atoms with Crippen LogP contribution in [0.5, 0.6) is 0 Å². The standard InChI is InChI=1S/C15H24N2O4S/c1-4-5-7-14(18)17(8-6-9-20-2)10-13-16-12(11-22-13)15(19)21-3/h11H,4-10H2,1-3H3. The van der Waals surface area contributed by atoms with Gasteiger partial charge in [0.15, 0.2) is 5.69 Å². The number of nitrogens with zero attached hydrogens (tertiary/aromatic N) is 2. The van der Waals surface area contributed by atoms with Crippen molar-refractivity contribution >= 4 is 23.2 Å². The Labute approximate surface area is 135 Å². The monoisotopic (exact) mass is 328 g/mol. The number of hydrogen-bond donors (Lipinski definition) is 0. The number of aromatic nitrogens is 1. The number of carbonyl (C=O) groups is 2. The number of carbonyl (C=O) groups excluding carboxylic acids is 2. The third-order valence-electron chi connectivity index (χ3n) is 3.15. The smallest absolute Gasteiger partial charge is 0.357 e. The molecule has 6 nitrogen and oxygen atoms in total. The lowest BCUT2D eigenvalue weighted by atomic mass is 10.2. The third kappa shape index (κ3) is 6.11. The summed E-state index contributed by atoms with van der Waals surface area (Å²) in [5, 5.41) is 2.40. The molecule has 0 unspecified atom stereocenters. The summed E-state index contributed by atoms with van der Waals surface area (Å²) in [6.07, 6.45) is 3.19. The van der Waals surface area contributed by atoms with Crippen molar-refractivity contribution < 1.29 is 19.1 Å². The molecule has 0 radical (unpaired) electrons. The van der Waals surface area contributed by atoms with Gasteiger partial charge in [-0.25, -0.2) is 9.78 Å². The van der Waals surface area contributed by atoms with Gasteiger partial charge in [-0.05, 0) is 12.8 Å². The van der Waals surface area contributed by atoms with Crippen molar-refractivity contribution in [3.63, 3.8) is 0 Å². The maximum atomic E-state index is 12.3. The second-order valence-electron chi connectivity index (χ2n) is 4.88. The first-order chi connectivity index (χ1) is 10.6. The lowest BCUT2D eigenvalue weighted by molar-refractivity contribution is -0.132. The molecular weight excluding hydrogens is 304 g/mol. The predicted molar refractivity (Wildman–Crippen MR) is 84.9 cm³/mol. The van der Waals surface area contributed by atoms with Crippen LogP contribution in [0.2, 0.25) is 0 Å². The Morgan fingerprint density at radius 3 is 2.73 bits per heavy atom. The van der Waals surface area contributed by atoms with Crippen LogP contribution in [0, 0.1) is 0 Å². The van der Waals surface area contributed by atoms with E-state index in [2.05, 4.69) is 16.6 Å². The van der Waals surface area contributed by atoms with Gasteiger partial charge in [0.05, 0.1) is 13.7 Å². The van der Waals surface area contributed by atoms with Crippen molar-refractivity contribution in [2.24, 2.45) is 0 Å². The second-order valence-corrected chi connectivity index (χ2v) is 5.83. The summed E-state index contributed by atoms with van der Waals surface area (Å²) in [6.45, 7) is 3.73. The molecule has 1 rings (SSSR count). The average Bonchev–Trinajstić information content (AvgIpc) is 2.99. The summed E-state index contributed by atoms with van der Waals surface area (Å²) in [5.41, 5.74) is 0.292. The predicted octanol–water partition coefficient (Wildman–Crippen LogP) is 2.49. The van der Waals surface area contributed by atoms with E-state index in [1.165, 1.54) is 18.4 Å². The topological polar surface area (TPSA) is 68.7 Å². The van der Waals surface area contributed by atoms with E-state index in [0.29, 0.717) is 31.8 Å². The van der Waals surface area contributed by atoms with Crippen molar-refractivity contribution in [2.45, 2.75) is 39.2 Å². The fourth-order valence-electron chi connectivity index (χ4n) is 1.92. The van der Waals surface area contributed by atoms with E-state index >= 15 is 0 Å². The number of amides is 1. The van der Waals surface area contributed by atoms with E-state index in [-0.39, 0.29) is 5.91 Å². The first-order valence-electron chi connectivity index (χ1n) is 7.41. The van der Waals surface area contributed by atoms with E-state index in [0.717, 1.165) is 24.3 Å². The van der Waals surface area contributed by atoms with Crippen molar-refractivity contribution in [1.29, 1.82) is 0 Å². The van der Waals surface area contributed by atoms with Crippen LogP contribution in [-0.2, 0) is 20.8 Å². The van der Waals surface area contributed by atoms with Crippen LogP contribution in [0.15, 0.2) is 5.38 Å². The van der Waals surface area contributed by atoms with Gasteiger partial charge in [-0.15, -0.1) is 11.3 Å². The van der Waals surface area contributed by atoms with Crippen LogP contribution < -0.4 is 0 Å². The van der Waals surface area contributed by atoms with Crippen molar-refractivity contribution in [2.75, 3.05) is 27.4 Å². The molecule has 7 heteroatoms. The Morgan fingerprint density at radius 1 is 1.32 bits per heavy atom. The Morgan fingerprint density at radius 2 is 2.09 bits per heavy atom. The van der Waals surface area contributed by atoms with Crippen LogP contribution in [0.3, 0.4) is 0 Å². The van der Waals surface area contributed by atoms with Gasteiger partial charge < -0.3 is 14.4 Å². The molecule has 0 fully saturated rings. The van der Waals surface area contributed by atoms with E-state index in [1.807, 2.05) is 0 Å². The zero-order valence-corrected chi connectivity index (χ0v) is 14.3. The van der Waals surface area contributed by atoms with Crippen LogP contribution in [0.4, 0.5) is 0 Å². The number of thiazole rings is 1. The van der Waals surface area contributed by atoms with E-state index < -0.39 is 5.97 Å². The molecule has 1 aromatic rings. The molecule has 0 saturated carbocycles. The molecule has 0 aliphatic heterocycles. The van der Waals surface area contributed by atoms with Crippen LogP contribution >= 0.6 is 11.3 Å². The molecule has 0 bridgehead atoms. The minimum Gasteiger partial charge on any atom is -0.464 e. The highest BCUT2D eigenvalue weighted by Gasteiger charge is 2.17. The number of rotatable bonds is 10.